The number of nitrogens with one attached hydrogen (secondary N) is 1. The molecule has 9 heavy (non-hydrogen) atoms. The maximum Gasteiger partial charge on any atom is 0.0563 e. The van der Waals surface area contributed by atoms with Crippen molar-refractivity contribution in [1.29, 1.82) is 0 Å². The molecule has 0 aromatic carbocycles. The highest BCUT2D eigenvalue weighted by Gasteiger charge is 1.86. The van der Waals surface area contributed by atoms with Gasteiger partial charge in [-0.25, -0.2) is 0 Å². The largest absolute Gasteiger partial charge is 0.358 e. The fraction of sp³-hybridized carbons (Fsp3) is 0.286. The molecule has 1 N–H and O–H groups in total. The summed E-state index contributed by atoms with van der Waals surface area (Å²) in [6.45, 7) is 2.02. The van der Waals surface area contributed by atoms with Gasteiger partial charge in [-0.05, 0) is 19.1 Å². The average Bonchev–Trinajstić information content (AvgIpc) is 2.17. The Kier molecular flexibility index (Phi) is 1.68. The van der Waals surface area contributed by atoms with Crippen LogP contribution in [0.3, 0.4) is 0 Å². The zero-order valence-electron chi connectivity index (χ0n) is 5.68. The molecule has 0 amide bonds. The van der Waals surface area contributed by atoms with Crippen LogP contribution in [0.2, 0.25) is 0 Å². The van der Waals surface area contributed by atoms with Gasteiger partial charge in [0.1, 0.15) is 0 Å². The summed E-state index contributed by atoms with van der Waals surface area (Å²) in [5.74, 6) is 0. The van der Waals surface area contributed by atoms with Crippen LogP contribution < -0.4 is 0 Å². The molecule has 1 rings (SSSR count). The zero-order valence-corrected chi connectivity index (χ0v) is 5.68. The Bertz CT molecular complexity index is 210. The molecule has 0 atom stereocenters. The lowest BCUT2D eigenvalue weighted by atomic mass is 10.4. The summed E-state index contributed by atoms with van der Waals surface area (Å²) in [5, 5.41) is 0. The molecule has 0 bridgehead atoms. The molecule has 0 fully saturated rings. The summed E-state index contributed by atoms with van der Waals surface area (Å²) in [4.78, 5) is 6.99. The molecule has 1 heterocycles. The van der Waals surface area contributed by atoms with Crippen molar-refractivity contribution >= 4 is 6.21 Å². The van der Waals surface area contributed by atoms with Crippen LogP contribution in [0.15, 0.2) is 17.1 Å². The van der Waals surface area contributed by atoms with Gasteiger partial charge in [-0.1, -0.05) is 0 Å². The van der Waals surface area contributed by atoms with Crippen molar-refractivity contribution in [3.8, 4) is 0 Å². The smallest absolute Gasteiger partial charge is 0.0563 e. The van der Waals surface area contributed by atoms with Crippen molar-refractivity contribution in [2.75, 3.05) is 7.05 Å². The predicted molar refractivity (Wildman–Crippen MR) is 39.0 cm³/mol. The maximum absolute atomic E-state index is 3.86. The molecule has 0 unspecified atom stereocenters. The number of rotatable bonds is 1. The maximum atomic E-state index is 3.86. The van der Waals surface area contributed by atoms with E-state index in [1.165, 1.54) is 5.69 Å². The number of aryl methyl sites for hydroxylation is 1. The summed E-state index contributed by atoms with van der Waals surface area (Å²) in [7, 11) is 1.76. The number of aromatic amines is 1. The molecular formula is C7H10N2. The van der Waals surface area contributed by atoms with Gasteiger partial charge in [0.2, 0.25) is 0 Å². The normalized spacial score (nSPS) is 10.9. The van der Waals surface area contributed by atoms with Gasteiger partial charge in [0.15, 0.2) is 0 Å². The number of H-pyrrole nitrogens is 1. The molecule has 0 spiro atoms. The van der Waals surface area contributed by atoms with E-state index in [4.69, 9.17) is 0 Å². The van der Waals surface area contributed by atoms with Crippen LogP contribution in [0.5, 0.6) is 0 Å². The fourth-order valence-corrected chi connectivity index (χ4v) is 0.740. The fourth-order valence-electron chi connectivity index (χ4n) is 0.740. The van der Waals surface area contributed by atoms with Crippen molar-refractivity contribution in [1.82, 2.24) is 4.98 Å². The van der Waals surface area contributed by atoms with Gasteiger partial charge in [-0.2, -0.15) is 0 Å². The molecule has 48 valence electrons. The van der Waals surface area contributed by atoms with Crippen molar-refractivity contribution in [2.24, 2.45) is 4.99 Å². The monoisotopic (exact) mass is 122 g/mol. The molecule has 2 heteroatoms. The first-order valence-electron chi connectivity index (χ1n) is 2.90. The van der Waals surface area contributed by atoms with E-state index in [1.54, 1.807) is 13.3 Å². The van der Waals surface area contributed by atoms with E-state index in [-0.39, 0.29) is 0 Å². The Morgan fingerprint density at radius 1 is 1.56 bits per heavy atom. The Morgan fingerprint density at radius 3 is 2.78 bits per heavy atom. The molecule has 0 aliphatic heterocycles. The Balaban J connectivity index is 2.85. The number of hydrogen-bond acceptors (Lipinski definition) is 1. The first kappa shape index (κ1) is 6.08. The highest BCUT2D eigenvalue weighted by Crippen LogP contribution is 1.95. The highest BCUT2D eigenvalue weighted by molar-refractivity contribution is 5.77. The second kappa shape index (κ2) is 2.49. The number of aliphatic imine (C=N–C) groups is 1. The molecule has 0 aliphatic rings. The second-order valence-corrected chi connectivity index (χ2v) is 1.98. The quantitative estimate of drug-likeness (QED) is 0.545. The second-order valence-electron chi connectivity index (χ2n) is 1.98. The van der Waals surface area contributed by atoms with E-state index in [1.807, 2.05) is 19.1 Å². The minimum atomic E-state index is 1.06. The van der Waals surface area contributed by atoms with E-state index in [0.29, 0.717) is 0 Å². The first-order chi connectivity index (χ1) is 4.33. The predicted octanol–water partition coefficient (Wildman–Crippen LogP) is 1.37. The third-order valence-electron chi connectivity index (χ3n) is 1.12. The molecular weight excluding hydrogens is 112 g/mol. The number of nitrogens with zero attached hydrogens (tertiary/aromatic N) is 1. The standard InChI is InChI=1S/C7H10N2/c1-6-3-4-7(9-6)5-8-2/h3-5,9H,1-2H3. The van der Waals surface area contributed by atoms with Gasteiger partial charge >= 0.3 is 0 Å². The van der Waals surface area contributed by atoms with E-state index in [0.717, 1.165) is 5.69 Å². The van der Waals surface area contributed by atoms with Gasteiger partial charge in [0.05, 0.1) is 5.69 Å². The topological polar surface area (TPSA) is 28.1 Å². The van der Waals surface area contributed by atoms with E-state index in [2.05, 4.69) is 9.98 Å². The summed E-state index contributed by atoms with van der Waals surface area (Å²) >= 11 is 0. The van der Waals surface area contributed by atoms with E-state index < -0.39 is 0 Å². The minimum Gasteiger partial charge on any atom is -0.358 e. The van der Waals surface area contributed by atoms with Crippen LogP contribution in [0.25, 0.3) is 0 Å². The lowest BCUT2D eigenvalue weighted by molar-refractivity contribution is 1.25. The highest BCUT2D eigenvalue weighted by atomic mass is 14.7. The lowest BCUT2D eigenvalue weighted by Gasteiger charge is -1.81. The minimum absolute atomic E-state index is 1.06. The van der Waals surface area contributed by atoms with Gasteiger partial charge < -0.3 is 4.98 Å². The Hall–Kier alpha value is -1.05. The van der Waals surface area contributed by atoms with Crippen molar-refractivity contribution < 1.29 is 0 Å². The third kappa shape index (κ3) is 1.42. The van der Waals surface area contributed by atoms with Gasteiger partial charge in [-0.3, -0.25) is 4.99 Å². The van der Waals surface area contributed by atoms with Crippen LogP contribution in [0, 0.1) is 6.92 Å². The Morgan fingerprint density at radius 2 is 2.33 bits per heavy atom. The van der Waals surface area contributed by atoms with Crippen LogP contribution in [-0.4, -0.2) is 18.2 Å². The van der Waals surface area contributed by atoms with Crippen molar-refractivity contribution in [2.45, 2.75) is 6.92 Å². The van der Waals surface area contributed by atoms with Crippen molar-refractivity contribution in [3.63, 3.8) is 0 Å². The van der Waals surface area contributed by atoms with Gasteiger partial charge in [0, 0.05) is 19.0 Å². The first-order valence-corrected chi connectivity index (χ1v) is 2.90. The zero-order chi connectivity index (χ0) is 6.69. The van der Waals surface area contributed by atoms with Crippen LogP contribution in [-0.2, 0) is 0 Å². The molecule has 1 aromatic heterocycles. The molecule has 1 aromatic rings. The molecule has 0 saturated heterocycles. The summed E-state index contributed by atoms with van der Waals surface area (Å²) < 4.78 is 0. The summed E-state index contributed by atoms with van der Waals surface area (Å²) in [5.41, 5.74) is 2.24. The summed E-state index contributed by atoms with van der Waals surface area (Å²) in [6, 6.07) is 4.03. The van der Waals surface area contributed by atoms with Crippen molar-refractivity contribution in [3.05, 3.63) is 23.5 Å². The molecule has 2 nitrogen and oxygen atoms in total. The SMILES string of the molecule is CN=Cc1ccc(C)[nH]1. The lowest BCUT2D eigenvalue weighted by Crippen LogP contribution is -1.78. The van der Waals surface area contributed by atoms with Crippen LogP contribution in [0.1, 0.15) is 11.4 Å². The average molecular weight is 122 g/mol. The Labute approximate surface area is 54.6 Å². The van der Waals surface area contributed by atoms with Gasteiger partial charge in [0.25, 0.3) is 0 Å². The molecule has 0 radical (unpaired) electrons. The van der Waals surface area contributed by atoms with E-state index >= 15 is 0 Å². The van der Waals surface area contributed by atoms with Gasteiger partial charge in [-0.15, -0.1) is 0 Å². The molecule has 0 saturated carbocycles. The summed E-state index contributed by atoms with van der Waals surface area (Å²) in [6.07, 6.45) is 1.80. The van der Waals surface area contributed by atoms with Crippen LogP contribution >= 0.6 is 0 Å². The number of hydrogen-bond donors (Lipinski definition) is 1. The molecule has 0 aliphatic carbocycles. The third-order valence-corrected chi connectivity index (χ3v) is 1.12. The number of aromatic nitrogens is 1. The van der Waals surface area contributed by atoms with Crippen LogP contribution in [0.4, 0.5) is 0 Å². The van der Waals surface area contributed by atoms with E-state index in [9.17, 15) is 0 Å².